The first-order valence-corrected chi connectivity index (χ1v) is 10.5. The molecule has 0 bridgehead atoms. The van der Waals surface area contributed by atoms with E-state index in [4.69, 9.17) is 42.4 Å². The van der Waals surface area contributed by atoms with Gasteiger partial charge in [-0.05, 0) is 18.6 Å². The van der Waals surface area contributed by atoms with Gasteiger partial charge in [-0.15, -0.1) is 0 Å². The lowest BCUT2D eigenvalue weighted by Crippen LogP contribution is -2.33. The van der Waals surface area contributed by atoms with Crippen molar-refractivity contribution >= 4 is 39.8 Å². The quantitative estimate of drug-likeness (QED) is 0.499. The number of nitrogens with one attached hydrogen (secondary N) is 1. The lowest BCUT2D eigenvalue weighted by molar-refractivity contribution is -0.0248. The number of methoxy groups -OCH3 is 2. The SMILES string of the molecule is CCc1c(OC)cc(OC)c(Cl)c1-c1cc2cnc(Cl)cc2c(NCC2COC2)n1. The fourth-order valence-corrected chi connectivity index (χ4v) is 4.12. The minimum atomic E-state index is 0.419. The van der Waals surface area contributed by atoms with Crippen LogP contribution in [0.15, 0.2) is 24.4 Å². The molecule has 0 saturated carbocycles. The van der Waals surface area contributed by atoms with Gasteiger partial charge in [0.1, 0.15) is 22.5 Å². The minimum absolute atomic E-state index is 0.419. The van der Waals surface area contributed by atoms with Crippen LogP contribution in [0.4, 0.5) is 5.82 Å². The van der Waals surface area contributed by atoms with Gasteiger partial charge in [-0.1, -0.05) is 30.1 Å². The second-order valence-electron chi connectivity index (χ2n) is 7.17. The molecule has 158 valence electrons. The van der Waals surface area contributed by atoms with Crippen molar-refractivity contribution in [3.8, 4) is 22.8 Å². The Balaban J connectivity index is 1.91. The van der Waals surface area contributed by atoms with Gasteiger partial charge >= 0.3 is 0 Å². The van der Waals surface area contributed by atoms with Crippen LogP contribution in [-0.2, 0) is 11.2 Å². The predicted molar refractivity (Wildman–Crippen MR) is 120 cm³/mol. The van der Waals surface area contributed by atoms with Crippen LogP contribution in [0.5, 0.6) is 11.5 Å². The Morgan fingerprint density at radius 1 is 1.13 bits per heavy atom. The fourth-order valence-electron chi connectivity index (χ4n) is 3.62. The number of halogens is 2. The molecule has 4 rings (SSSR count). The standard InChI is InChI=1S/C22H23Cl2N3O3/c1-4-14-17(28-2)7-18(29-3)21(24)20(14)16-5-13-9-25-19(23)6-15(13)22(27-16)26-8-12-10-30-11-12/h5-7,9,12H,4,8,10-11H2,1-3H3,(H,26,27). The number of hydrogen-bond acceptors (Lipinski definition) is 6. The van der Waals surface area contributed by atoms with Crippen molar-refractivity contribution in [1.82, 2.24) is 9.97 Å². The van der Waals surface area contributed by atoms with Crippen molar-refractivity contribution in [1.29, 1.82) is 0 Å². The van der Waals surface area contributed by atoms with E-state index in [2.05, 4.69) is 17.2 Å². The summed E-state index contributed by atoms with van der Waals surface area (Å²) in [6, 6.07) is 5.60. The van der Waals surface area contributed by atoms with E-state index >= 15 is 0 Å². The molecule has 0 spiro atoms. The van der Waals surface area contributed by atoms with E-state index in [1.165, 1.54) is 0 Å². The number of pyridine rings is 2. The summed E-state index contributed by atoms with van der Waals surface area (Å²) in [7, 11) is 3.22. The van der Waals surface area contributed by atoms with E-state index in [1.54, 1.807) is 20.4 Å². The highest BCUT2D eigenvalue weighted by atomic mass is 35.5. The van der Waals surface area contributed by atoms with Gasteiger partial charge < -0.3 is 19.5 Å². The zero-order valence-electron chi connectivity index (χ0n) is 17.1. The molecule has 1 aliphatic rings. The highest BCUT2D eigenvalue weighted by Gasteiger charge is 2.22. The van der Waals surface area contributed by atoms with Gasteiger partial charge in [-0.25, -0.2) is 9.97 Å². The molecule has 6 nitrogen and oxygen atoms in total. The summed E-state index contributed by atoms with van der Waals surface area (Å²) in [5.74, 6) is 2.46. The first kappa shape index (κ1) is 21.0. The normalized spacial score (nSPS) is 13.9. The van der Waals surface area contributed by atoms with Crippen molar-refractivity contribution < 1.29 is 14.2 Å². The van der Waals surface area contributed by atoms with Crippen molar-refractivity contribution in [2.75, 3.05) is 39.3 Å². The summed E-state index contributed by atoms with van der Waals surface area (Å²) < 4.78 is 16.4. The summed E-state index contributed by atoms with van der Waals surface area (Å²) in [5.41, 5.74) is 2.48. The molecule has 1 N–H and O–H groups in total. The number of ether oxygens (including phenoxy) is 3. The number of rotatable bonds is 7. The molecule has 8 heteroatoms. The van der Waals surface area contributed by atoms with Crippen LogP contribution in [-0.4, -0.2) is 43.9 Å². The number of hydrogen-bond donors (Lipinski definition) is 1. The van der Waals surface area contributed by atoms with Gasteiger partial charge in [0.25, 0.3) is 0 Å². The molecule has 1 saturated heterocycles. The first-order chi connectivity index (χ1) is 14.5. The molecule has 0 radical (unpaired) electrons. The Labute approximate surface area is 185 Å². The van der Waals surface area contributed by atoms with Crippen LogP contribution >= 0.6 is 23.2 Å². The molecule has 30 heavy (non-hydrogen) atoms. The van der Waals surface area contributed by atoms with Gasteiger partial charge in [-0.2, -0.15) is 0 Å². The molecular weight excluding hydrogens is 425 g/mol. The molecule has 1 fully saturated rings. The Hall–Kier alpha value is -2.28. The lowest BCUT2D eigenvalue weighted by atomic mass is 9.98. The van der Waals surface area contributed by atoms with E-state index in [0.29, 0.717) is 27.6 Å². The molecule has 0 atom stereocenters. The monoisotopic (exact) mass is 447 g/mol. The third-order valence-electron chi connectivity index (χ3n) is 5.29. The van der Waals surface area contributed by atoms with Crippen molar-refractivity contribution in [2.45, 2.75) is 13.3 Å². The molecule has 1 aromatic carbocycles. The van der Waals surface area contributed by atoms with Crippen LogP contribution in [0.25, 0.3) is 22.0 Å². The summed E-state index contributed by atoms with van der Waals surface area (Å²) >= 11 is 12.9. The summed E-state index contributed by atoms with van der Waals surface area (Å²) in [6.07, 6.45) is 2.47. The van der Waals surface area contributed by atoms with Crippen LogP contribution in [0.2, 0.25) is 10.2 Å². The van der Waals surface area contributed by atoms with Gasteiger partial charge in [0.05, 0.1) is 38.1 Å². The van der Waals surface area contributed by atoms with Gasteiger partial charge in [-0.3, -0.25) is 0 Å². The van der Waals surface area contributed by atoms with E-state index in [-0.39, 0.29) is 0 Å². The molecule has 0 unspecified atom stereocenters. The molecule has 3 aromatic rings. The number of anilines is 1. The molecule has 0 amide bonds. The van der Waals surface area contributed by atoms with Crippen LogP contribution in [0.3, 0.4) is 0 Å². The smallest absolute Gasteiger partial charge is 0.141 e. The maximum Gasteiger partial charge on any atom is 0.141 e. The second kappa shape index (κ2) is 8.84. The van der Waals surface area contributed by atoms with E-state index < -0.39 is 0 Å². The van der Waals surface area contributed by atoms with Crippen molar-refractivity contribution in [2.24, 2.45) is 5.92 Å². The zero-order chi connectivity index (χ0) is 21.3. The molecule has 2 aromatic heterocycles. The average molecular weight is 448 g/mol. The van der Waals surface area contributed by atoms with Crippen molar-refractivity contribution in [3.63, 3.8) is 0 Å². The van der Waals surface area contributed by atoms with Crippen molar-refractivity contribution in [3.05, 3.63) is 40.1 Å². The number of aromatic nitrogens is 2. The van der Waals surface area contributed by atoms with Crippen LogP contribution in [0.1, 0.15) is 12.5 Å². The summed E-state index contributed by atoms with van der Waals surface area (Å²) in [6.45, 7) is 4.33. The third kappa shape index (κ3) is 3.87. The molecule has 3 heterocycles. The maximum atomic E-state index is 6.75. The molecule has 1 aliphatic heterocycles. The second-order valence-corrected chi connectivity index (χ2v) is 7.94. The number of benzene rings is 1. The topological polar surface area (TPSA) is 65.5 Å². The molecule has 0 aliphatic carbocycles. The maximum absolute atomic E-state index is 6.75. The minimum Gasteiger partial charge on any atom is -0.496 e. The van der Waals surface area contributed by atoms with Gasteiger partial charge in [0.15, 0.2) is 0 Å². The summed E-state index contributed by atoms with van der Waals surface area (Å²) in [4.78, 5) is 9.17. The predicted octanol–water partition coefficient (Wildman–Crippen LogP) is 5.24. The largest absolute Gasteiger partial charge is 0.496 e. The number of nitrogens with zero attached hydrogens (tertiary/aromatic N) is 2. The van der Waals surface area contributed by atoms with Crippen LogP contribution < -0.4 is 14.8 Å². The average Bonchev–Trinajstić information content (AvgIpc) is 2.72. The highest BCUT2D eigenvalue weighted by Crippen LogP contribution is 2.44. The first-order valence-electron chi connectivity index (χ1n) is 9.77. The Morgan fingerprint density at radius 3 is 2.53 bits per heavy atom. The fraction of sp³-hybridized carbons (Fsp3) is 0.364. The van der Waals surface area contributed by atoms with E-state index in [9.17, 15) is 0 Å². The Morgan fingerprint density at radius 2 is 1.90 bits per heavy atom. The van der Waals surface area contributed by atoms with Gasteiger partial charge in [0.2, 0.25) is 0 Å². The third-order valence-corrected chi connectivity index (χ3v) is 5.87. The summed E-state index contributed by atoms with van der Waals surface area (Å²) in [5, 5.41) is 6.20. The molecular formula is C22H23Cl2N3O3. The number of fused-ring (bicyclic) bond motifs is 1. The van der Waals surface area contributed by atoms with Gasteiger partial charge in [0, 0.05) is 46.6 Å². The zero-order valence-corrected chi connectivity index (χ0v) is 18.6. The van der Waals surface area contributed by atoms with E-state index in [0.717, 1.165) is 59.6 Å². The Kier molecular flexibility index (Phi) is 6.18. The van der Waals surface area contributed by atoms with E-state index in [1.807, 2.05) is 18.2 Å². The highest BCUT2D eigenvalue weighted by molar-refractivity contribution is 6.35. The van der Waals surface area contributed by atoms with Crippen LogP contribution in [0, 0.1) is 5.92 Å². The lowest BCUT2D eigenvalue weighted by Gasteiger charge is -2.26. The Bertz CT molecular complexity index is 1090.